The summed E-state index contributed by atoms with van der Waals surface area (Å²) in [6.07, 6.45) is 1.96. The van der Waals surface area contributed by atoms with Crippen LogP contribution in [0.25, 0.3) is 0 Å². The predicted molar refractivity (Wildman–Crippen MR) is 67.7 cm³/mol. The second kappa shape index (κ2) is 4.73. The largest absolute Gasteiger partial charge is 0.296 e. The van der Waals surface area contributed by atoms with E-state index in [9.17, 15) is 4.39 Å². The van der Waals surface area contributed by atoms with Gasteiger partial charge in [0.05, 0.1) is 0 Å². The molecular weight excluding hydrogens is 215 g/mol. The normalized spacial score (nSPS) is 22.0. The molecule has 3 heteroatoms. The fourth-order valence-electron chi connectivity index (χ4n) is 2.15. The first-order chi connectivity index (χ1) is 7.95. The highest BCUT2D eigenvalue weighted by Crippen LogP contribution is 2.21. The minimum Gasteiger partial charge on any atom is -0.296 e. The summed E-state index contributed by atoms with van der Waals surface area (Å²) in [7, 11) is 0. The zero-order valence-corrected chi connectivity index (χ0v) is 10.9. The summed E-state index contributed by atoms with van der Waals surface area (Å²) < 4.78 is 13.0. The molecule has 2 rings (SSSR count). The van der Waals surface area contributed by atoms with Crippen molar-refractivity contribution in [3.05, 3.63) is 29.6 Å². The second-order valence-electron chi connectivity index (χ2n) is 5.92. The van der Waals surface area contributed by atoms with Crippen LogP contribution in [0.1, 0.15) is 38.4 Å². The van der Waals surface area contributed by atoms with Crippen molar-refractivity contribution in [1.29, 1.82) is 0 Å². The molecule has 1 aromatic heterocycles. The van der Waals surface area contributed by atoms with E-state index in [1.165, 1.54) is 5.56 Å². The fourth-order valence-corrected chi connectivity index (χ4v) is 2.15. The molecule has 0 aromatic carbocycles. The van der Waals surface area contributed by atoms with Gasteiger partial charge in [0, 0.05) is 36.9 Å². The molecule has 1 aliphatic heterocycles. The molecule has 17 heavy (non-hydrogen) atoms. The van der Waals surface area contributed by atoms with Crippen LogP contribution in [-0.2, 0) is 12.0 Å². The summed E-state index contributed by atoms with van der Waals surface area (Å²) in [4.78, 5) is 6.64. The monoisotopic (exact) mass is 236 g/mol. The summed E-state index contributed by atoms with van der Waals surface area (Å²) in [5.41, 5.74) is 2.37. The van der Waals surface area contributed by atoms with Gasteiger partial charge in [0.2, 0.25) is 0 Å². The van der Waals surface area contributed by atoms with Crippen molar-refractivity contribution in [3.63, 3.8) is 0 Å². The number of nitrogens with zero attached hydrogens (tertiary/aromatic N) is 2. The van der Waals surface area contributed by atoms with Crippen molar-refractivity contribution >= 4 is 0 Å². The number of halogens is 1. The van der Waals surface area contributed by atoms with E-state index in [0.717, 1.165) is 18.8 Å². The average molecular weight is 236 g/mol. The van der Waals surface area contributed by atoms with Crippen LogP contribution in [0.3, 0.4) is 0 Å². The van der Waals surface area contributed by atoms with Crippen LogP contribution in [0.2, 0.25) is 0 Å². The zero-order valence-electron chi connectivity index (χ0n) is 10.9. The van der Waals surface area contributed by atoms with E-state index in [2.05, 4.69) is 42.8 Å². The molecule has 0 amide bonds. The molecule has 0 spiro atoms. The van der Waals surface area contributed by atoms with Crippen LogP contribution >= 0.6 is 0 Å². The molecular formula is C14H21FN2. The van der Waals surface area contributed by atoms with Crippen molar-refractivity contribution in [3.8, 4) is 0 Å². The molecule has 94 valence electrons. The third-order valence-electron chi connectivity index (χ3n) is 3.21. The van der Waals surface area contributed by atoms with Gasteiger partial charge in [-0.05, 0) is 18.1 Å². The first-order valence-corrected chi connectivity index (χ1v) is 6.27. The third-order valence-corrected chi connectivity index (χ3v) is 3.21. The minimum atomic E-state index is -0.642. The average Bonchev–Trinajstić information content (AvgIpc) is 2.63. The van der Waals surface area contributed by atoms with E-state index >= 15 is 0 Å². The third kappa shape index (κ3) is 3.25. The molecule has 2 nitrogen and oxygen atoms in total. The smallest absolute Gasteiger partial charge is 0.114 e. The standard InChI is InChI=1S/C14H21FN2/c1-14(2,3)13-5-4-11(8-16-13)9-17-7-6-12(15)10-17/h4-5,8,12H,6-7,9-10H2,1-3H3/t12-/m1/s1. The Balaban J connectivity index is 1.99. The fraction of sp³-hybridized carbons (Fsp3) is 0.643. The van der Waals surface area contributed by atoms with E-state index in [1.54, 1.807) is 0 Å². The Kier molecular flexibility index (Phi) is 3.48. The van der Waals surface area contributed by atoms with Gasteiger partial charge in [0.25, 0.3) is 0 Å². The van der Waals surface area contributed by atoms with Crippen LogP contribution in [0.5, 0.6) is 0 Å². The summed E-state index contributed by atoms with van der Waals surface area (Å²) in [6.45, 7) is 8.72. The molecule has 0 aliphatic carbocycles. The maximum Gasteiger partial charge on any atom is 0.114 e. The lowest BCUT2D eigenvalue weighted by Crippen LogP contribution is -2.21. The molecule has 2 heterocycles. The Labute approximate surface area is 103 Å². The first-order valence-electron chi connectivity index (χ1n) is 6.27. The number of likely N-dealkylation sites (tertiary alicyclic amines) is 1. The van der Waals surface area contributed by atoms with Gasteiger partial charge in [-0.2, -0.15) is 0 Å². The van der Waals surface area contributed by atoms with E-state index in [-0.39, 0.29) is 5.41 Å². The minimum absolute atomic E-state index is 0.0935. The number of hydrogen-bond donors (Lipinski definition) is 0. The maximum atomic E-state index is 13.0. The molecule has 1 atom stereocenters. The van der Waals surface area contributed by atoms with Crippen molar-refractivity contribution in [1.82, 2.24) is 9.88 Å². The number of aromatic nitrogens is 1. The molecule has 0 saturated carbocycles. The number of pyridine rings is 1. The summed E-state index contributed by atoms with van der Waals surface area (Å²) in [6, 6.07) is 4.19. The van der Waals surface area contributed by atoms with Gasteiger partial charge >= 0.3 is 0 Å². The highest BCUT2D eigenvalue weighted by Gasteiger charge is 2.22. The molecule has 0 bridgehead atoms. The van der Waals surface area contributed by atoms with Crippen LogP contribution < -0.4 is 0 Å². The SMILES string of the molecule is CC(C)(C)c1ccc(CN2CC[C@@H](F)C2)cn1. The molecule has 0 N–H and O–H groups in total. The van der Waals surface area contributed by atoms with E-state index in [0.29, 0.717) is 13.0 Å². The quantitative estimate of drug-likeness (QED) is 0.785. The molecule has 1 fully saturated rings. The summed E-state index contributed by atoms with van der Waals surface area (Å²) in [5.74, 6) is 0. The van der Waals surface area contributed by atoms with Crippen molar-refractivity contribution < 1.29 is 4.39 Å². The predicted octanol–water partition coefficient (Wildman–Crippen LogP) is 2.92. The lowest BCUT2D eigenvalue weighted by molar-refractivity contribution is 0.282. The van der Waals surface area contributed by atoms with Crippen LogP contribution in [0, 0.1) is 0 Å². The van der Waals surface area contributed by atoms with E-state index in [4.69, 9.17) is 0 Å². The molecule has 1 aliphatic rings. The van der Waals surface area contributed by atoms with Gasteiger partial charge in [-0.1, -0.05) is 26.8 Å². The lowest BCUT2D eigenvalue weighted by atomic mass is 9.91. The van der Waals surface area contributed by atoms with Crippen LogP contribution in [0.15, 0.2) is 18.3 Å². The second-order valence-corrected chi connectivity index (χ2v) is 5.92. The Morgan fingerprint density at radius 2 is 2.18 bits per heavy atom. The molecule has 0 radical (unpaired) electrons. The Morgan fingerprint density at radius 3 is 2.65 bits per heavy atom. The topological polar surface area (TPSA) is 16.1 Å². The molecule has 1 saturated heterocycles. The Bertz CT molecular complexity index is 367. The Hall–Kier alpha value is -0.960. The molecule has 0 unspecified atom stereocenters. The van der Waals surface area contributed by atoms with E-state index in [1.807, 2.05) is 6.20 Å². The highest BCUT2D eigenvalue weighted by atomic mass is 19.1. The highest BCUT2D eigenvalue weighted by molar-refractivity contribution is 5.19. The van der Waals surface area contributed by atoms with Gasteiger partial charge in [-0.3, -0.25) is 9.88 Å². The number of hydrogen-bond acceptors (Lipinski definition) is 2. The van der Waals surface area contributed by atoms with Gasteiger partial charge in [0.15, 0.2) is 0 Å². The van der Waals surface area contributed by atoms with Crippen LogP contribution in [-0.4, -0.2) is 29.1 Å². The molecule has 1 aromatic rings. The van der Waals surface area contributed by atoms with Gasteiger partial charge in [-0.25, -0.2) is 4.39 Å². The van der Waals surface area contributed by atoms with E-state index < -0.39 is 6.17 Å². The van der Waals surface area contributed by atoms with Crippen molar-refractivity contribution in [2.75, 3.05) is 13.1 Å². The van der Waals surface area contributed by atoms with Crippen molar-refractivity contribution in [2.45, 2.75) is 45.3 Å². The van der Waals surface area contributed by atoms with Crippen LogP contribution in [0.4, 0.5) is 4.39 Å². The number of rotatable bonds is 2. The van der Waals surface area contributed by atoms with Crippen molar-refractivity contribution in [2.24, 2.45) is 0 Å². The Morgan fingerprint density at radius 1 is 1.41 bits per heavy atom. The zero-order chi connectivity index (χ0) is 12.5. The summed E-state index contributed by atoms with van der Waals surface area (Å²) >= 11 is 0. The first kappa shape index (κ1) is 12.5. The summed E-state index contributed by atoms with van der Waals surface area (Å²) in [5, 5.41) is 0. The lowest BCUT2D eigenvalue weighted by Gasteiger charge is -2.19. The van der Waals surface area contributed by atoms with Gasteiger partial charge in [-0.15, -0.1) is 0 Å². The number of alkyl halides is 1. The van der Waals surface area contributed by atoms with Gasteiger partial charge < -0.3 is 0 Å². The van der Waals surface area contributed by atoms with Gasteiger partial charge in [0.1, 0.15) is 6.17 Å². The maximum absolute atomic E-state index is 13.0.